The molecule has 0 heterocycles. The monoisotopic (exact) mass is 514 g/mol. The molecule has 3 nitrogen and oxygen atoms in total. The van der Waals surface area contributed by atoms with Gasteiger partial charge in [-0.2, -0.15) is 0 Å². The topological polar surface area (TPSA) is 35.5 Å². The fraction of sp³-hybridized carbons (Fsp3) is 0.885. The highest BCUT2D eigenvalue weighted by atomic mass is 79.9. The lowest BCUT2D eigenvalue weighted by molar-refractivity contribution is -0.159. The van der Waals surface area contributed by atoms with Crippen LogP contribution < -0.4 is 0 Å². The Morgan fingerprint density at radius 1 is 1.29 bits per heavy atom. The van der Waals surface area contributed by atoms with Crippen molar-refractivity contribution in [3.8, 4) is 0 Å². The SMILES string of the molecule is COC(=O)[C@@](C)(CCC[C@@H](C)[C@H]1CCC2/C(=C/Br)CCC[C@@]21C)O[Si](C)(C)C(C)(C)C. The number of carbonyl (C=O) groups excluding carboxylic acids is 1. The van der Waals surface area contributed by atoms with E-state index in [0.29, 0.717) is 11.3 Å². The lowest BCUT2D eigenvalue weighted by atomic mass is 9.61. The van der Waals surface area contributed by atoms with Gasteiger partial charge in [-0.25, -0.2) is 4.79 Å². The molecule has 0 aromatic rings. The summed E-state index contributed by atoms with van der Waals surface area (Å²) in [6.45, 7) is 18.0. The predicted molar refractivity (Wildman–Crippen MR) is 137 cm³/mol. The minimum absolute atomic E-state index is 0.0602. The van der Waals surface area contributed by atoms with Gasteiger partial charge in [-0.3, -0.25) is 0 Å². The highest BCUT2D eigenvalue weighted by Gasteiger charge is 2.51. The zero-order valence-corrected chi connectivity index (χ0v) is 24.2. The number of halogens is 1. The van der Waals surface area contributed by atoms with Crippen LogP contribution in [0.1, 0.15) is 92.9 Å². The predicted octanol–water partition coefficient (Wildman–Crippen LogP) is 8.24. The van der Waals surface area contributed by atoms with Crippen LogP contribution in [-0.2, 0) is 14.0 Å². The van der Waals surface area contributed by atoms with E-state index in [0.717, 1.165) is 31.1 Å². The average molecular weight is 516 g/mol. The second kappa shape index (κ2) is 10.0. The molecule has 180 valence electrons. The molecule has 0 aromatic heterocycles. The largest absolute Gasteiger partial charge is 0.467 e. The molecule has 1 unspecified atom stereocenters. The van der Waals surface area contributed by atoms with Crippen molar-refractivity contribution in [3.05, 3.63) is 10.6 Å². The molecular formula is C26H47BrO3Si. The van der Waals surface area contributed by atoms with Gasteiger partial charge < -0.3 is 9.16 Å². The Balaban J connectivity index is 2.05. The van der Waals surface area contributed by atoms with Gasteiger partial charge in [0, 0.05) is 0 Å². The maximum absolute atomic E-state index is 12.7. The quantitative estimate of drug-likeness (QED) is 0.241. The van der Waals surface area contributed by atoms with Crippen LogP contribution in [0.2, 0.25) is 18.1 Å². The third-order valence-electron chi connectivity index (χ3n) is 9.08. The molecule has 0 radical (unpaired) electrons. The zero-order chi connectivity index (χ0) is 23.7. The first kappa shape index (κ1) is 27.1. The van der Waals surface area contributed by atoms with E-state index in [-0.39, 0.29) is 11.0 Å². The van der Waals surface area contributed by atoms with E-state index >= 15 is 0 Å². The number of hydrogen-bond donors (Lipinski definition) is 0. The summed E-state index contributed by atoms with van der Waals surface area (Å²) in [5, 5.41) is 0.0602. The molecule has 0 N–H and O–H groups in total. The van der Waals surface area contributed by atoms with Gasteiger partial charge >= 0.3 is 5.97 Å². The normalized spacial score (nSPS) is 31.2. The molecule has 2 fully saturated rings. The molecule has 0 saturated heterocycles. The Hall–Kier alpha value is -0.133. The van der Waals surface area contributed by atoms with Gasteiger partial charge in [0.1, 0.15) is 0 Å². The van der Waals surface area contributed by atoms with Crippen molar-refractivity contribution in [1.29, 1.82) is 0 Å². The molecule has 0 spiro atoms. The van der Waals surface area contributed by atoms with Crippen LogP contribution in [-0.4, -0.2) is 27.0 Å². The molecule has 0 amide bonds. The second-order valence-corrected chi connectivity index (χ2v) is 17.4. The van der Waals surface area contributed by atoms with E-state index in [2.05, 4.69) is 68.6 Å². The molecular weight excluding hydrogens is 468 g/mol. The summed E-state index contributed by atoms with van der Waals surface area (Å²) in [6, 6.07) is 0. The summed E-state index contributed by atoms with van der Waals surface area (Å²) in [5.41, 5.74) is 1.21. The standard InChI is InChI=1S/C26H47BrO3Si/c1-19(21-14-15-22-20(18-27)13-11-16-25(21,22)5)12-10-17-26(6,23(28)29-7)30-31(8,9)24(2,3)4/h18-19,21-22H,10-17H2,1-9H3/b20-18+/t19-,21-,22?,25-,26-/m1/s1. The van der Waals surface area contributed by atoms with Crippen LogP contribution in [0.15, 0.2) is 10.6 Å². The summed E-state index contributed by atoms with van der Waals surface area (Å²) < 4.78 is 11.8. The fourth-order valence-corrected chi connectivity index (χ4v) is 8.40. The van der Waals surface area contributed by atoms with E-state index in [1.807, 2.05) is 6.92 Å². The molecule has 2 aliphatic carbocycles. The van der Waals surface area contributed by atoms with Crippen molar-refractivity contribution in [2.45, 2.75) is 117 Å². The van der Waals surface area contributed by atoms with Crippen LogP contribution in [0.3, 0.4) is 0 Å². The van der Waals surface area contributed by atoms with Gasteiger partial charge in [0.15, 0.2) is 13.9 Å². The fourth-order valence-electron chi connectivity index (χ4n) is 6.23. The van der Waals surface area contributed by atoms with E-state index in [4.69, 9.17) is 9.16 Å². The summed E-state index contributed by atoms with van der Waals surface area (Å²) in [5.74, 6) is 1.96. The molecule has 2 saturated carbocycles. The second-order valence-electron chi connectivity index (χ2n) is 12.2. The molecule has 2 rings (SSSR count). The number of allylic oxidation sites excluding steroid dienone is 1. The maximum Gasteiger partial charge on any atom is 0.336 e. The zero-order valence-electron chi connectivity index (χ0n) is 21.6. The summed E-state index contributed by atoms with van der Waals surface area (Å²) in [7, 11) is -0.599. The first-order valence-electron chi connectivity index (χ1n) is 12.3. The molecule has 5 atom stereocenters. The number of carbonyl (C=O) groups is 1. The number of ether oxygens (including phenoxy) is 1. The lowest BCUT2D eigenvalue weighted by Crippen LogP contribution is -2.52. The Bertz CT molecular complexity index is 668. The Kier molecular flexibility index (Phi) is 8.75. The van der Waals surface area contributed by atoms with Crippen LogP contribution in [0.5, 0.6) is 0 Å². The maximum atomic E-state index is 12.7. The molecule has 2 aliphatic rings. The van der Waals surface area contributed by atoms with Crippen molar-refractivity contribution in [2.75, 3.05) is 7.11 Å². The molecule has 5 heteroatoms. The Morgan fingerprint density at radius 2 is 1.94 bits per heavy atom. The summed E-state index contributed by atoms with van der Waals surface area (Å²) >= 11 is 3.63. The van der Waals surface area contributed by atoms with E-state index in [9.17, 15) is 4.79 Å². The van der Waals surface area contributed by atoms with E-state index in [1.54, 1.807) is 5.57 Å². The minimum atomic E-state index is -2.08. The Morgan fingerprint density at radius 3 is 2.48 bits per heavy atom. The van der Waals surface area contributed by atoms with Gasteiger partial charge in [-0.05, 0) is 98.2 Å². The highest BCUT2D eigenvalue weighted by Crippen LogP contribution is 2.60. The van der Waals surface area contributed by atoms with Crippen molar-refractivity contribution in [3.63, 3.8) is 0 Å². The average Bonchev–Trinajstić information content (AvgIpc) is 3.02. The summed E-state index contributed by atoms with van der Waals surface area (Å²) in [6.07, 6.45) is 9.47. The number of fused-ring (bicyclic) bond motifs is 1. The van der Waals surface area contributed by atoms with Gasteiger partial charge in [0.25, 0.3) is 0 Å². The lowest BCUT2D eigenvalue weighted by Gasteiger charge is -2.45. The molecule has 31 heavy (non-hydrogen) atoms. The third-order valence-corrected chi connectivity index (χ3v) is 14.2. The van der Waals surface area contributed by atoms with Gasteiger partial charge in [-0.1, -0.05) is 62.5 Å². The first-order chi connectivity index (χ1) is 14.2. The third kappa shape index (κ3) is 5.69. The van der Waals surface area contributed by atoms with Crippen molar-refractivity contribution >= 4 is 30.2 Å². The number of methoxy groups -OCH3 is 1. The van der Waals surface area contributed by atoms with Crippen molar-refractivity contribution in [1.82, 2.24) is 0 Å². The Labute approximate surface area is 201 Å². The van der Waals surface area contributed by atoms with Crippen molar-refractivity contribution < 1.29 is 14.0 Å². The number of rotatable bonds is 8. The first-order valence-corrected chi connectivity index (χ1v) is 16.1. The number of esters is 1. The van der Waals surface area contributed by atoms with Gasteiger partial charge in [0.05, 0.1) is 7.11 Å². The van der Waals surface area contributed by atoms with E-state index in [1.165, 1.54) is 39.2 Å². The smallest absolute Gasteiger partial charge is 0.336 e. The molecule has 0 aliphatic heterocycles. The van der Waals surface area contributed by atoms with Crippen LogP contribution in [0.25, 0.3) is 0 Å². The molecule has 0 aromatic carbocycles. The minimum Gasteiger partial charge on any atom is -0.467 e. The number of hydrogen-bond acceptors (Lipinski definition) is 3. The van der Waals surface area contributed by atoms with Crippen molar-refractivity contribution in [2.24, 2.45) is 23.2 Å². The van der Waals surface area contributed by atoms with Gasteiger partial charge in [0.2, 0.25) is 0 Å². The van der Waals surface area contributed by atoms with E-state index < -0.39 is 13.9 Å². The van der Waals surface area contributed by atoms with Crippen LogP contribution in [0.4, 0.5) is 0 Å². The van der Waals surface area contributed by atoms with Crippen LogP contribution >= 0.6 is 15.9 Å². The molecule has 0 bridgehead atoms. The van der Waals surface area contributed by atoms with Crippen LogP contribution in [0, 0.1) is 23.2 Å². The van der Waals surface area contributed by atoms with Gasteiger partial charge in [-0.15, -0.1) is 0 Å². The highest BCUT2D eigenvalue weighted by molar-refractivity contribution is 9.11. The summed E-state index contributed by atoms with van der Waals surface area (Å²) in [4.78, 5) is 15.0.